The highest BCUT2D eigenvalue weighted by molar-refractivity contribution is 8.06. The third-order valence-electron chi connectivity index (χ3n) is 3.57. The van der Waals surface area contributed by atoms with Gasteiger partial charge in [-0.05, 0) is 18.7 Å². The molecule has 0 aromatic carbocycles. The van der Waals surface area contributed by atoms with E-state index in [0.29, 0.717) is 5.82 Å². The van der Waals surface area contributed by atoms with E-state index in [9.17, 15) is 15.0 Å². The van der Waals surface area contributed by atoms with Crippen molar-refractivity contribution < 1.29 is 29.3 Å². The van der Waals surface area contributed by atoms with Crippen molar-refractivity contribution in [1.82, 2.24) is 19.5 Å². The predicted octanol–water partition coefficient (Wildman–Crippen LogP) is -1.73. The number of H-pyrrole nitrogens is 1. The number of hydrogen-bond donors (Lipinski definition) is 5. The van der Waals surface area contributed by atoms with Crippen LogP contribution in [0.25, 0.3) is 11.2 Å². The van der Waals surface area contributed by atoms with Gasteiger partial charge in [0.2, 0.25) is 0 Å². The monoisotopic (exact) mass is 378 g/mol. The Kier molecular flexibility index (Phi) is 4.57. The minimum atomic E-state index is -3.91. The van der Waals surface area contributed by atoms with Crippen LogP contribution < -0.4 is 5.56 Å². The Morgan fingerprint density at radius 1 is 1.46 bits per heavy atom. The van der Waals surface area contributed by atoms with Crippen LogP contribution in [0.3, 0.4) is 0 Å². The van der Waals surface area contributed by atoms with Gasteiger partial charge in [0.1, 0.15) is 24.1 Å². The number of fused-ring (bicyclic) bond motifs is 1. The molecule has 1 aliphatic heterocycles. The first-order valence-corrected chi connectivity index (χ1v) is 9.45. The first-order valence-electron chi connectivity index (χ1n) is 6.82. The minimum Gasteiger partial charge on any atom is -0.387 e. The number of ether oxygens (including phenoxy) is 1. The van der Waals surface area contributed by atoms with Crippen LogP contribution in [0, 0.1) is 6.92 Å². The summed E-state index contributed by atoms with van der Waals surface area (Å²) in [4.78, 5) is 40.6. The number of rotatable bonds is 4. The van der Waals surface area contributed by atoms with Crippen LogP contribution in [0.2, 0.25) is 0 Å². The Balaban J connectivity index is 1.90. The van der Waals surface area contributed by atoms with Gasteiger partial charge in [-0.25, -0.2) is 9.97 Å². The summed E-state index contributed by atoms with van der Waals surface area (Å²) in [7, 11) is 0. The van der Waals surface area contributed by atoms with Gasteiger partial charge in [0.25, 0.3) is 5.56 Å². The molecule has 0 bridgehead atoms. The highest BCUT2D eigenvalue weighted by Crippen LogP contribution is 2.39. The van der Waals surface area contributed by atoms with Crippen molar-refractivity contribution in [3.63, 3.8) is 0 Å². The largest absolute Gasteiger partial charge is 0.387 e. The van der Waals surface area contributed by atoms with Crippen LogP contribution in [-0.4, -0.2) is 64.4 Å². The molecule has 1 saturated heterocycles. The minimum absolute atomic E-state index is 0.0619. The molecular formula is C11H15N4O7PS. The van der Waals surface area contributed by atoms with Crippen molar-refractivity contribution in [2.75, 3.05) is 6.61 Å². The Morgan fingerprint density at radius 2 is 2.17 bits per heavy atom. The van der Waals surface area contributed by atoms with Crippen molar-refractivity contribution in [2.24, 2.45) is 0 Å². The van der Waals surface area contributed by atoms with Crippen LogP contribution >= 0.6 is 6.72 Å². The molecule has 13 heteroatoms. The molecular weight excluding hydrogens is 363 g/mol. The molecule has 2 unspecified atom stereocenters. The molecule has 4 atom stereocenters. The number of nitrogens with one attached hydrogen (secondary N) is 1. The zero-order valence-electron chi connectivity index (χ0n) is 12.3. The summed E-state index contributed by atoms with van der Waals surface area (Å²) < 4.78 is 11.5. The van der Waals surface area contributed by atoms with E-state index in [4.69, 9.17) is 14.5 Å². The fraction of sp³-hybridized carbons (Fsp3) is 0.545. The maximum atomic E-state index is 11.8. The number of aliphatic hydroxyl groups excluding tert-OH is 2. The zero-order valence-corrected chi connectivity index (χ0v) is 14.0. The average Bonchev–Trinajstić information content (AvgIpc) is 3.00. The quantitative estimate of drug-likeness (QED) is 0.386. The molecule has 2 aromatic heterocycles. The standard InChI is InChI=1S/C11H15N4O7PS/c1-4-13-9-6(10(18)14-4)12-3-15(9)11-8(17)7(16)5(22-11)2-21-23(19,20)24/h3,5,7-8,11,16-17H,2H2,1H3,(H,13,14,18)(H2,19,20,24)/t5-,7?,8?,11-/m1/s1. The fourth-order valence-electron chi connectivity index (χ4n) is 2.49. The summed E-state index contributed by atoms with van der Waals surface area (Å²) in [6.45, 7) is -2.74. The lowest BCUT2D eigenvalue weighted by molar-refractivity contribution is -0.0487. The summed E-state index contributed by atoms with van der Waals surface area (Å²) in [6, 6.07) is 0. The number of aliphatic hydroxyl groups is 2. The maximum absolute atomic E-state index is 11.8. The van der Waals surface area contributed by atoms with Crippen LogP contribution in [0.4, 0.5) is 0 Å². The van der Waals surface area contributed by atoms with Gasteiger partial charge in [0.05, 0.1) is 12.9 Å². The fourth-order valence-corrected chi connectivity index (χ4v) is 3.01. The van der Waals surface area contributed by atoms with Gasteiger partial charge in [-0.15, -0.1) is 0 Å². The lowest BCUT2D eigenvalue weighted by atomic mass is 10.1. The Bertz CT molecular complexity index is 864. The second-order valence-electron chi connectivity index (χ2n) is 5.31. The van der Waals surface area contributed by atoms with Crippen molar-refractivity contribution >= 4 is 29.7 Å². The molecule has 2 aromatic rings. The Labute approximate surface area is 139 Å². The van der Waals surface area contributed by atoms with E-state index in [-0.39, 0.29) is 11.2 Å². The van der Waals surface area contributed by atoms with Crippen molar-refractivity contribution in [3.8, 4) is 0 Å². The molecule has 11 nitrogen and oxygen atoms in total. The number of aryl methyl sites for hydroxylation is 1. The van der Waals surface area contributed by atoms with Gasteiger partial charge in [0, 0.05) is 0 Å². The molecule has 0 spiro atoms. The van der Waals surface area contributed by atoms with Crippen molar-refractivity contribution in [1.29, 1.82) is 0 Å². The van der Waals surface area contributed by atoms with Crippen LogP contribution in [0.1, 0.15) is 12.1 Å². The topological polar surface area (TPSA) is 163 Å². The normalized spacial score (nSPS) is 27.9. The predicted molar refractivity (Wildman–Crippen MR) is 83.5 cm³/mol. The second kappa shape index (κ2) is 6.24. The first kappa shape index (κ1) is 17.6. The molecule has 132 valence electrons. The van der Waals surface area contributed by atoms with Gasteiger partial charge in [-0.1, -0.05) is 0 Å². The molecule has 5 N–H and O–H groups in total. The van der Waals surface area contributed by atoms with Gasteiger partial charge in [0.15, 0.2) is 17.4 Å². The van der Waals surface area contributed by atoms with Gasteiger partial charge in [-0.2, -0.15) is 0 Å². The van der Waals surface area contributed by atoms with E-state index in [2.05, 4.69) is 31.3 Å². The van der Waals surface area contributed by atoms with Crippen LogP contribution in [0.5, 0.6) is 0 Å². The van der Waals surface area contributed by atoms with E-state index in [1.54, 1.807) is 6.92 Å². The van der Waals surface area contributed by atoms with Crippen LogP contribution in [-0.2, 0) is 21.1 Å². The molecule has 0 saturated carbocycles. The lowest BCUT2D eigenvalue weighted by Crippen LogP contribution is -2.33. The van der Waals surface area contributed by atoms with E-state index in [0.717, 1.165) is 0 Å². The van der Waals surface area contributed by atoms with E-state index in [1.165, 1.54) is 10.9 Å². The van der Waals surface area contributed by atoms with Gasteiger partial charge < -0.3 is 34.2 Å². The summed E-state index contributed by atoms with van der Waals surface area (Å²) in [5.41, 5.74) is -0.194. The molecule has 0 amide bonds. The average molecular weight is 378 g/mol. The van der Waals surface area contributed by atoms with Crippen molar-refractivity contribution in [3.05, 3.63) is 22.5 Å². The number of aromatic nitrogens is 4. The maximum Gasteiger partial charge on any atom is 0.321 e. The molecule has 3 rings (SSSR count). The third-order valence-corrected chi connectivity index (χ3v) is 4.37. The summed E-state index contributed by atoms with van der Waals surface area (Å²) in [6.07, 6.45) is -3.60. The lowest BCUT2D eigenvalue weighted by Gasteiger charge is -2.17. The number of nitrogens with zero attached hydrogens (tertiary/aromatic N) is 3. The Morgan fingerprint density at radius 3 is 2.83 bits per heavy atom. The van der Waals surface area contributed by atoms with Gasteiger partial charge >= 0.3 is 6.72 Å². The summed E-state index contributed by atoms with van der Waals surface area (Å²) in [5, 5.41) is 20.2. The Hall–Kier alpha value is -1.24. The highest BCUT2D eigenvalue weighted by Gasteiger charge is 2.45. The molecule has 24 heavy (non-hydrogen) atoms. The zero-order chi connectivity index (χ0) is 17.6. The van der Waals surface area contributed by atoms with Gasteiger partial charge in [-0.3, -0.25) is 9.36 Å². The molecule has 1 fully saturated rings. The smallest absolute Gasteiger partial charge is 0.321 e. The van der Waals surface area contributed by atoms with Crippen molar-refractivity contribution in [2.45, 2.75) is 31.5 Å². The summed E-state index contributed by atoms with van der Waals surface area (Å²) >= 11 is 4.33. The molecule has 0 radical (unpaired) electrons. The second-order valence-corrected chi connectivity index (χ2v) is 7.97. The third kappa shape index (κ3) is 3.27. The van der Waals surface area contributed by atoms with E-state index >= 15 is 0 Å². The molecule has 0 aliphatic carbocycles. The van der Waals surface area contributed by atoms with E-state index < -0.39 is 43.4 Å². The molecule has 1 aliphatic rings. The number of aromatic amines is 1. The first-order chi connectivity index (χ1) is 11.2. The summed E-state index contributed by atoms with van der Waals surface area (Å²) in [5.74, 6) is 0.350. The molecule has 3 heterocycles. The number of hydrogen-bond acceptors (Lipinski definition) is 8. The van der Waals surface area contributed by atoms with Crippen LogP contribution in [0.15, 0.2) is 11.1 Å². The van der Waals surface area contributed by atoms with E-state index in [1.807, 2.05) is 0 Å². The number of imidazole rings is 1. The SMILES string of the molecule is Cc1nc2c(ncn2[C@@H]2O[C@H](COP(O)(O)=S)C(O)C2O)c(=O)[nH]1. The highest BCUT2D eigenvalue weighted by atomic mass is 32.5.